The van der Waals surface area contributed by atoms with Crippen molar-refractivity contribution < 1.29 is 18.7 Å². The third-order valence-corrected chi connectivity index (χ3v) is 9.36. The third-order valence-electron chi connectivity index (χ3n) is 9.36. The monoisotopic (exact) mass is 569 g/mol. The number of hydrogen-bond donors (Lipinski definition) is 1. The van der Waals surface area contributed by atoms with E-state index in [1.165, 1.54) is 36.4 Å². The number of nitrogens with one attached hydrogen (secondary N) is 1. The summed E-state index contributed by atoms with van der Waals surface area (Å²) < 4.78 is 25.6. The number of aromatic nitrogens is 2. The fraction of sp³-hybridized carbons (Fsp3) is 0.394. The zero-order valence-electron chi connectivity index (χ0n) is 24.1. The highest BCUT2D eigenvalue weighted by Gasteiger charge is 2.54. The maximum atomic E-state index is 14.0. The van der Waals surface area contributed by atoms with Gasteiger partial charge in [0.1, 0.15) is 28.7 Å². The van der Waals surface area contributed by atoms with Gasteiger partial charge in [-0.05, 0) is 55.2 Å². The van der Waals surface area contributed by atoms with Crippen LogP contribution in [0.3, 0.4) is 0 Å². The summed E-state index contributed by atoms with van der Waals surface area (Å²) in [6.45, 7) is 9.51. The Kier molecular flexibility index (Phi) is 6.86. The number of pyridine rings is 1. The predicted molar refractivity (Wildman–Crippen MR) is 160 cm³/mol. The first-order valence-electron chi connectivity index (χ1n) is 14.7. The molecule has 0 atom stereocenters. The van der Waals surface area contributed by atoms with Gasteiger partial charge in [-0.25, -0.2) is 9.37 Å². The molecule has 4 aromatic rings. The highest BCUT2D eigenvalue weighted by atomic mass is 19.1. The number of nitrogens with zero attached hydrogens (tertiary/aromatic N) is 4. The van der Waals surface area contributed by atoms with Gasteiger partial charge in [-0.2, -0.15) is 0 Å². The second-order valence-corrected chi connectivity index (χ2v) is 12.2. The summed E-state index contributed by atoms with van der Waals surface area (Å²) in [5.74, 6) is 1.42. The van der Waals surface area contributed by atoms with Crippen LogP contribution in [0.5, 0.6) is 17.2 Å². The summed E-state index contributed by atoms with van der Waals surface area (Å²) in [6.07, 6.45) is 6.07. The minimum absolute atomic E-state index is 0.355. The van der Waals surface area contributed by atoms with Crippen LogP contribution in [0.2, 0.25) is 0 Å². The number of carbonyl (C=O) groups is 1. The lowest BCUT2D eigenvalue weighted by molar-refractivity contribution is -0.0380. The van der Waals surface area contributed by atoms with Gasteiger partial charge in [0.05, 0.1) is 24.3 Å². The fourth-order valence-electron chi connectivity index (χ4n) is 6.95. The number of methoxy groups -OCH3 is 1. The van der Waals surface area contributed by atoms with Crippen LogP contribution in [-0.4, -0.2) is 78.5 Å². The van der Waals surface area contributed by atoms with Gasteiger partial charge in [0.25, 0.3) is 0 Å². The summed E-state index contributed by atoms with van der Waals surface area (Å²) in [7, 11) is 1.74. The van der Waals surface area contributed by atoms with E-state index in [0.29, 0.717) is 39.6 Å². The fourth-order valence-corrected chi connectivity index (χ4v) is 6.95. The van der Waals surface area contributed by atoms with Gasteiger partial charge in [-0.3, -0.25) is 14.6 Å². The molecule has 0 radical (unpaired) electrons. The molecule has 0 unspecified atom stereocenters. The van der Waals surface area contributed by atoms with E-state index < -0.39 is 0 Å². The molecule has 3 fully saturated rings. The number of fused-ring (bicyclic) bond motifs is 1. The van der Waals surface area contributed by atoms with Crippen LogP contribution in [0.25, 0.3) is 11.0 Å². The molecule has 2 aromatic carbocycles. The second-order valence-electron chi connectivity index (χ2n) is 12.2. The molecule has 0 bridgehead atoms. The van der Waals surface area contributed by atoms with Crippen molar-refractivity contribution in [3.05, 3.63) is 77.4 Å². The maximum absolute atomic E-state index is 14.0. The van der Waals surface area contributed by atoms with Crippen molar-refractivity contribution in [2.45, 2.75) is 32.4 Å². The number of rotatable bonds is 8. The molecule has 42 heavy (non-hydrogen) atoms. The second kappa shape index (κ2) is 10.7. The van der Waals surface area contributed by atoms with E-state index in [1.807, 2.05) is 12.1 Å². The Morgan fingerprint density at radius 2 is 1.88 bits per heavy atom. The standard InChI is InChI=1S/C33H36FN5O3/c1-22-3-4-23(11-30(22)41-2)18-37-7-9-38(10-8-37)26-14-33(15-26)20-39(21-33)25-6-5-24(19-40)31(12-25)42-27-13-28-29(34)17-36-32(28)35-16-27/h3-6,11-13,16-17,19,26H,7-10,14-15,18,20-21H2,1-2H3,(H,35,36). The number of H-pyrrole nitrogens is 1. The normalized spacial score (nSPS) is 19.1. The van der Waals surface area contributed by atoms with Gasteiger partial charge in [0.2, 0.25) is 0 Å². The molecule has 218 valence electrons. The molecular formula is C33H36FN5O3. The van der Waals surface area contributed by atoms with Crippen molar-refractivity contribution in [3.63, 3.8) is 0 Å². The van der Waals surface area contributed by atoms with Crippen LogP contribution in [0.1, 0.15) is 34.3 Å². The van der Waals surface area contributed by atoms with E-state index in [-0.39, 0.29) is 5.82 Å². The SMILES string of the molecule is COc1cc(CN2CCN(C3CC4(C3)CN(c3ccc(C=O)c(Oc5cnc6[nH]cc(F)c6c5)c3)C4)CC2)ccc1C. The average molecular weight is 570 g/mol. The van der Waals surface area contributed by atoms with Crippen molar-refractivity contribution in [2.75, 3.05) is 51.3 Å². The molecule has 2 saturated heterocycles. The Labute approximate surface area is 245 Å². The molecule has 7 rings (SSSR count). The molecule has 1 N–H and O–H groups in total. The number of aryl methyl sites for hydroxylation is 1. The molecule has 2 aliphatic heterocycles. The minimum Gasteiger partial charge on any atom is -0.496 e. The number of carbonyl (C=O) groups excluding carboxylic acids is 1. The lowest BCUT2D eigenvalue weighted by atomic mass is 9.60. The van der Waals surface area contributed by atoms with Crippen LogP contribution in [0.4, 0.5) is 10.1 Å². The Bertz CT molecular complexity index is 1620. The van der Waals surface area contributed by atoms with Crippen molar-refractivity contribution >= 4 is 23.0 Å². The van der Waals surface area contributed by atoms with Gasteiger partial charge in [0.15, 0.2) is 6.29 Å². The average Bonchev–Trinajstić information content (AvgIpc) is 3.33. The Balaban J connectivity index is 0.921. The molecule has 3 aliphatic rings. The van der Waals surface area contributed by atoms with E-state index in [4.69, 9.17) is 9.47 Å². The number of aldehydes is 1. The lowest BCUT2D eigenvalue weighted by Gasteiger charge is -2.62. The molecule has 0 amide bonds. The van der Waals surface area contributed by atoms with Crippen LogP contribution >= 0.6 is 0 Å². The summed E-state index contributed by atoms with van der Waals surface area (Å²) >= 11 is 0. The van der Waals surface area contributed by atoms with E-state index >= 15 is 0 Å². The van der Waals surface area contributed by atoms with Gasteiger partial charge < -0.3 is 19.4 Å². The highest BCUT2D eigenvalue weighted by Crippen LogP contribution is 2.52. The van der Waals surface area contributed by atoms with Crippen LogP contribution in [0.15, 0.2) is 54.9 Å². The largest absolute Gasteiger partial charge is 0.496 e. The topological polar surface area (TPSA) is 73.9 Å². The van der Waals surface area contributed by atoms with Gasteiger partial charge in [-0.15, -0.1) is 0 Å². The number of anilines is 1. The van der Waals surface area contributed by atoms with Gasteiger partial charge >= 0.3 is 0 Å². The molecular weight excluding hydrogens is 533 g/mol. The van der Waals surface area contributed by atoms with Crippen molar-refractivity contribution in [1.82, 2.24) is 19.8 Å². The number of hydrogen-bond acceptors (Lipinski definition) is 7. The van der Waals surface area contributed by atoms with Gasteiger partial charge in [-0.1, -0.05) is 12.1 Å². The highest BCUT2D eigenvalue weighted by molar-refractivity contribution is 5.82. The molecule has 2 aromatic heterocycles. The summed E-state index contributed by atoms with van der Waals surface area (Å²) in [4.78, 5) is 26.3. The molecule has 1 saturated carbocycles. The number of benzene rings is 2. The summed E-state index contributed by atoms with van der Waals surface area (Å²) in [5, 5.41) is 0.355. The molecule has 1 spiro atoms. The lowest BCUT2D eigenvalue weighted by Crippen LogP contribution is -2.68. The number of ether oxygens (including phenoxy) is 2. The third kappa shape index (κ3) is 5.01. The van der Waals surface area contributed by atoms with Crippen molar-refractivity contribution in [3.8, 4) is 17.2 Å². The zero-order chi connectivity index (χ0) is 28.8. The number of aromatic amines is 1. The van der Waals surface area contributed by atoms with E-state index in [0.717, 1.165) is 63.5 Å². The zero-order valence-corrected chi connectivity index (χ0v) is 24.1. The molecule has 9 heteroatoms. The van der Waals surface area contributed by atoms with Crippen LogP contribution in [0, 0.1) is 18.2 Å². The quantitative estimate of drug-likeness (QED) is 0.285. The van der Waals surface area contributed by atoms with E-state index in [2.05, 4.69) is 49.8 Å². The Morgan fingerprint density at radius 3 is 2.64 bits per heavy atom. The van der Waals surface area contributed by atoms with Gasteiger partial charge in [0, 0.05) is 75.2 Å². The molecule has 4 heterocycles. The van der Waals surface area contributed by atoms with Crippen LogP contribution < -0.4 is 14.4 Å². The summed E-state index contributed by atoms with van der Waals surface area (Å²) in [6, 6.07) is 14.5. The molecule has 8 nitrogen and oxygen atoms in total. The molecule has 1 aliphatic carbocycles. The minimum atomic E-state index is -0.387. The summed E-state index contributed by atoms with van der Waals surface area (Å²) in [5.41, 5.74) is 4.81. The maximum Gasteiger partial charge on any atom is 0.153 e. The van der Waals surface area contributed by atoms with E-state index in [9.17, 15) is 9.18 Å². The van der Waals surface area contributed by atoms with Crippen LogP contribution in [-0.2, 0) is 6.54 Å². The first-order chi connectivity index (χ1) is 20.4. The number of piperazine rings is 1. The smallest absolute Gasteiger partial charge is 0.153 e. The predicted octanol–water partition coefficient (Wildman–Crippen LogP) is 5.41. The first kappa shape index (κ1) is 26.9. The first-order valence-corrected chi connectivity index (χ1v) is 14.7. The van der Waals surface area contributed by atoms with Crippen molar-refractivity contribution in [1.29, 1.82) is 0 Å². The van der Waals surface area contributed by atoms with E-state index in [1.54, 1.807) is 19.2 Å². The number of halogens is 1. The Hall–Kier alpha value is -3.95. The Morgan fingerprint density at radius 1 is 1.07 bits per heavy atom. The van der Waals surface area contributed by atoms with Crippen molar-refractivity contribution in [2.24, 2.45) is 5.41 Å².